The first kappa shape index (κ1) is 17.3. The fourth-order valence-corrected chi connectivity index (χ4v) is 3.65. The highest BCUT2D eigenvalue weighted by atomic mass is 16.1. The Labute approximate surface area is 175 Å². The van der Waals surface area contributed by atoms with E-state index in [9.17, 15) is 4.79 Å². The SMILES string of the molecule is O=c1c2nnn(-c3ccccc3)c2nc2n(-c3ccccc3)c(-c3ccccc3)nn12. The Morgan fingerprint density at radius 2 is 1.32 bits per heavy atom. The molecular formula is C23H15N7O. The van der Waals surface area contributed by atoms with E-state index in [-0.39, 0.29) is 11.1 Å². The van der Waals surface area contributed by atoms with E-state index in [1.54, 1.807) is 4.68 Å². The van der Waals surface area contributed by atoms with Crippen molar-refractivity contribution in [2.45, 2.75) is 0 Å². The maximum atomic E-state index is 13.3. The Bertz CT molecular complexity index is 1580. The monoisotopic (exact) mass is 405 g/mol. The summed E-state index contributed by atoms with van der Waals surface area (Å²) < 4.78 is 4.74. The zero-order valence-electron chi connectivity index (χ0n) is 16.2. The molecule has 0 atom stereocenters. The molecule has 6 rings (SSSR count). The van der Waals surface area contributed by atoms with Crippen LogP contribution >= 0.6 is 0 Å². The van der Waals surface area contributed by atoms with Crippen molar-refractivity contribution in [2.24, 2.45) is 0 Å². The van der Waals surface area contributed by atoms with Gasteiger partial charge < -0.3 is 0 Å². The lowest BCUT2D eigenvalue weighted by Crippen LogP contribution is -2.17. The van der Waals surface area contributed by atoms with Crippen LogP contribution in [0.25, 0.3) is 39.7 Å². The molecule has 0 radical (unpaired) electrons. The molecule has 148 valence electrons. The Hall–Kier alpha value is -4.59. The quantitative estimate of drug-likeness (QED) is 0.451. The molecule has 3 aromatic carbocycles. The lowest BCUT2D eigenvalue weighted by Gasteiger charge is -2.07. The van der Waals surface area contributed by atoms with E-state index in [4.69, 9.17) is 4.98 Å². The lowest BCUT2D eigenvalue weighted by molar-refractivity contribution is 0.817. The van der Waals surface area contributed by atoms with Crippen LogP contribution in [0, 0.1) is 0 Å². The molecule has 0 spiro atoms. The summed E-state index contributed by atoms with van der Waals surface area (Å²) in [5.41, 5.74) is 2.68. The van der Waals surface area contributed by atoms with Crippen molar-refractivity contribution in [3.05, 3.63) is 101 Å². The maximum Gasteiger partial charge on any atom is 0.305 e. The molecule has 31 heavy (non-hydrogen) atoms. The van der Waals surface area contributed by atoms with Crippen molar-refractivity contribution in [1.82, 2.24) is 34.2 Å². The molecule has 8 heteroatoms. The molecule has 0 aliphatic heterocycles. The molecule has 0 amide bonds. The number of benzene rings is 3. The highest BCUT2D eigenvalue weighted by Gasteiger charge is 2.21. The van der Waals surface area contributed by atoms with Gasteiger partial charge in [0.15, 0.2) is 17.0 Å². The van der Waals surface area contributed by atoms with Crippen LogP contribution in [0.15, 0.2) is 95.8 Å². The summed E-state index contributed by atoms with van der Waals surface area (Å²) in [6.07, 6.45) is 0. The topological polar surface area (TPSA) is 82.9 Å². The molecule has 0 saturated heterocycles. The molecule has 3 aromatic heterocycles. The van der Waals surface area contributed by atoms with E-state index in [0.717, 1.165) is 16.9 Å². The summed E-state index contributed by atoms with van der Waals surface area (Å²) in [6.45, 7) is 0. The Balaban J connectivity index is 1.74. The van der Waals surface area contributed by atoms with Crippen LogP contribution in [0.3, 0.4) is 0 Å². The van der Waals surface area contributed by atoms with Crippen molar-refractivity contribution in [3.8, 4) is 22.8 Å². The lowest BCUT2D eigenvalue weighted by atomic mass is 10.2. The molecule has 8 nitrogen and oxygen atoms in total. The summed E-state index contributed by atoms with van der Waals surface area (Å²) in [6, 6.07) is 28.9. The van der Waals surface area contributed by atoms with E-state index in [0.29, 0.717) is 17.2 Å². The molecule has 0 N–H and O–H groups in total. The standard InChI is InChI=1S/C23H15N7O/c31-22-19-21(29(27-25-19)18-14-8-3-9-15-18)24-23-28(17-12-6-2-7-13-17)20(26-30(22)23)16-10-4-1-5-11-16/h1-15H. The summed E-state index contributed by atoms with van der Waals surface area (Å²) in [5, 5.41) is 12.9. The first-order chi connectivity index (χ1) is 15.3. The van der Waals surface area contributed by atoms with Crippen LogP contribution in [-0.4, -0.2) is 34.2 Å². The molecule has 0 bridgehead atoms. The molecule has 0 aliphatic rings. The van der Waals surface area contributed by atoms with Gasteiger partial charge >= 0.3 is 5.56 Å². The highest BCUT2D eigenvalue weighted by molar-refractivity contribution is 5.74. The molecule has 6 aromatic rings. The van der Waals surface area contributed by atoms with Crippen LogP contribution in [0.4, 0.5) is 0 Å². The van der Waals surface area contributed by atoms with Crippen molar-refractivity contribution >= 4 is 16.9 Å². The van der Waals surface area contributed by atoms with E-state index in [1.807, 2.05) is 95.6 Å². The largest absolute Gasteiger partial charge is 0.305 e. The van der Waals surface area contributed by atoms with Gasteiger partial charge in [0.2, 0.25) is 5.78 Å². The Morgan fingerprint density at radius 1 is 0.710 bits per heavy atom. The normalized spacial score (nSPS) is 11.4. The zero-order chi connectivity index (χ0) is 20.8. The number of fused-ring (bicyclic) bond motifs is 2. The average Bonchev–Trinajstić information content (AvgIpc) is 3.43. The van der Waals surface area contributed by atoms with E-state index in [1.165, 1.54) is 4.52 Å². The van der Waals surface area contributed by atoms with Crippen LogP contribution in [-0.2, 0) is 0 Å². The second-order valence-corrected chi connectivity index (χ2v) is 7.00. The third-order valence-corrected chi connectivity index (χ3v) is 5.09. The Kier molecular flexibility index (Phi) is 3.76. The third-order valence-electron chi connectivity index (χ3n) is 5.09. The summed E-state index contributed by atoms with van der Waals surface area (Å²) >= 11 is 0. The van der Waals surface area contributed by atoms with E-state index >= 15 is 0 Å². The fraction of sp³-hybridized carbons (Fsp3) is 0. The van der Waals surface area contributed by atoms with Crippen molar-refractivity contribution < 1.29 is 0 Å². The number of para-hydroxylation sites is 2. The number of aromatic nitrogens is 7. The van der Waals surface area contributed by atoms with Gasteiger partial charge in [0.25, 0.3) is 0 Å². The minimum atomic E-state index is -0.367. The van der Waals surface area contributed by atoms with E-state index in [2.05, 4.69) is 15.4 Å². The van der Waals surface area contributed by atoms with Gasteiger partial charge in [0.1, 0.15) is 0 Å². The van der Waals surface area contributed by atoms with Crippen molar-refractivity contribution in [3.63, 3.8) is 0 Å². The molecule has 0 aliphatic carbocycles. The van der Waals surface area contributed by atoms with Gasteiger partial charge in [-0.3, -0.25) is 9.36 Å². The van der Waals surface area contributed by atoms with Gasteiger partial charge in [-0.15, -0.1) is 10.2 Å². The molecule has 0 unspecified atom stereocenters. The van der Waals surface area contributed by atoms with Gasteiger partial charge in [0, 0.05) is 5.56 Å². The van der Waals surface area contributed by atoms with Gasteiger partial charge in [-0.2, -0.15) is 14.2 Å². The molecule has 0 fully saturated rings. The van der Waals surface area contributed by atoms with E-state index < -0.39 is 0 Å². The summed E-state index contributed by atoms with van der Waals surface area (Å²) in [7, 11) is 0. The maximum absolute atomic E-state index is 13.3. The predicted octanol–water partition coefficient (Wildman–Crippen LogP) is 3.28. The molecule has 0 saturated carbocycles. The minimum absolute atomic E-state index is 0.165. The third kappa shape index (κ3) is 2.66. The van der Waals surface area contributed by atoms with Crippen molar-refractivity contribution in [1.29, 1.82) is 0 Å². The number of nitrogens with zero attached hydrogens (tertiary/aromatic N) is 7. The van der Waals surface area contributed by atoms with Gasteiger partial charge in [0.05, 0.1) is 11.4 Å². The fourth-order valence-electron chi connectivity index (χ4n) is 3.65. The molecule has 3 heterocycles. The first-order valence-corrected chi connectivity index (χ1v) is 9.75. The van der Waals surface area contributed by atoms with Gasteiger partial charge in [-0.05, 0) is 24.3 Å². The zero-order valence-corrected chi connectivity index (χ0v) is 16.2. The minimum Gasteiger partial charge on any atom is -0.265 e. The number of rotatable bonds is 3. The smallest absolute Gasteiger partial charge is 0.265 e. The average molecular weight is 405 g/mol. The number of hydrogen-bond acceptors (Lipinski definition) is 5. The van der Waals surface area contributed by atoms with Crippen molar-refractivity contribution in [2.75, 3.05) is 0 Å². The summed E-state index contributed by atoms with van der Waals surface area (Å²) in [5.74, 6) is 1.00. The number of hydrogen-bond donors (Lipinski definition) is 0. The van der Waals surface area contributed by atoms with Crippen LogP contribution in [0.1, 0.15) is 0 Å². The predicted molar refractivity (Wildman–Crippen MR) is 116 cm³/mol. The highest BCUT2D eigenvalue weighted by Crippen LogP contribution is 2.24. The van der Waals surface area contributed by atoms with Gasteiger partial charge in [-0.1, -0.05) is 71.9 Å². The molecular weight excluding hydrogens is 390 g/mol. The Morgan fingerprint density at radius 3 is 2.00 bits per heavy atom. The first-order valence-electron chi connectivity index (χ1n) is 9.75. The van der Waals surface area contributed by atoms with Crippen LogP contribution in [0.5, 0.6) is 0 Å². The van der Waals surface area contributed by atoms with Crippen LogP contribution in [0.2, 0.25) is 0 Å². The second kappa shape index (κ2) is 6.74. The summed E-state index contributed by atoms with van der Waals surface area (Å²) in [4.78, 5) is 18.1. The second-order valence-electron chi connectivity index (χ2n) is 7.00. The van der Waals surface area contributed by atoms with Gasteiger partial charge in [-0.25, -0.2) is 0 Å². The van der Waals surface area contributed by atoms with Crippen LogP contribution < -0.4 is 5.56 Å².